The minimum atomic E-state index is -3.42. The first-order valence-electron chi connectivity index (χ1n) is 6.50. The van der Waals surface area contributed by atoms with Gasteiger partial charge in [0, 0.05) is 25.4 Å². The zero-order valence-electron chi connectivity index (χ0n) is 10.8. The lowest BCUT2D eigenvalue weighted by molar-refractivity contribution is 0.0236. The van der Waals surface area contributed by atoms with E-state index >= 15 is 0 Å². The van der Waals surface area contributed by atoms with Gasteiger partial charge in [0.15, 0.2) is 0 Å². The highest BCUT2D eigenvalue weighted by Gasteiger charge is 2.32. The van der Waals surface area contributed by atoms with Gasteiger partial charge in [0.05, 0.1) is 11.0 Å². The van der Waals surface area contributed by atoms with Gasteiger partial charge in [0.25, 0.3) is 0 Å². The van der Waals surface area contributed by atoms with E-state index in [4.69, 9.17) is 4.74 Å². The summed E-state index contributed by atoms with van der Waals surface area (Å²) in [5.41, 5.74) is 2.12. The maximum atomic E-state index is 12.3. The monoisotopic (exact) mass is 282 g/mol. The van der Waals surface area contributed by atoms with Crippen LogP contribution in [-0.2, 0) is 21.2 Å². The van der Waals surface area contributed by atoms with Crippen LogP contribution in [0.15, 0.2) is 23.1 Å². The molecule has 5 nitrogen and oxygen atoms in total. The first-order valence-corrected chi connectivity index (χ1v) is 7.99. The van der Waals surface area contributed by atoms with Gasteiger partial charge < -0.3 is 10.1 Å². The summed E-state index contributed by atoms with van der Waals surface area (Å²) in [6.45, 7) is 0.879. The summed E-state index contributed by atoms with van der Waals surface area (Å²) in [4.78, 5) is 0.335. The maximum absolute atomic E-state index is 12.3. The Morgan fingerprint density at radius 3 is 2.89 bits per heavy atom. The fourth-order valence-corrected chi connectivity index (χ4v) is 3.87. The number of methoxy groups -OCH3 is 1. The molecular weight excluding hydrogens is 264 g/mol. The van der Waals surface area contributed by atoms with Crippen molar-refractivity contribution in [3.05, 3.63) is 23.8 Å². The van der Waals surface area contributed by atoms with Crippen molar-refractivity contribution in [2.45, 2.75) is 36.3 Å². The van der Waals surface area contributed by atoms with E-state index in [2.05, 4.69) is 10.0 Å². The Labute approximate surface area is 113 Å². The molecule has 1 aliphatic heterocycles. The van der Waals surface area contributed by atoms with Crippen molar-refractivity contribution < 1.29 is 13.2 Å². The zero-order chi connectivity index (χ0) is 13.5. The second-order valence-electron chi connectivity index (χ2n) is 5.14. The van der Waals surface area contributed by atoms with E-state index in [1.54, 1.807) is 19.2 Å². The van der Waals surface area contributed by atoms with E-state index < -0.39 is 10.0 Å². The molecule has 1 saturated carbocycles. The number of anilines is 1. The van der Waals surface area contributed by atoms with Crippen LogP contribution in [0.5, 0.6) is 0 Å². The van der Waals surface area contributed by atoms with E-state index in [1.807, 2.05) is 6.07 Å². The van der Waals surface area contributed by atoms with Crippen LogP contribution in [0.25, 0.3) is 0 Å². The lowest BCUT2D eigenvalue weighted by atomic mass is 9.90. The Morgan fingerprint density at radius 1 is 1.37 bits per heavy atom. The summed E-state index contributed by atoms with van der Waals surface area (Å²) >= 11 is 0. The highest BCUT2D eigenvalue weighted by atomic mass is 32.2. The largest absolute Gasteiger partial charge is 0.384 e. The van der Waals surface area contributed by atoms with E-state index in [0.717, 1.165) is 31.5 Å². The Morgan fingerprint density at radius 2 is 2.16 bits per heavy atom. The Bertz CT molecular complexity index is 580. The number of hydrogen-bond acceptors (Lipinski definition) is 4. The third kappa shape index (κ3) is 2.48. The molecule has 2 N–H and O–H groups in total. The van der Waals surface area contributed by atoms with Gasteiger partial charge in [-0.15, -0.1) is 0 Å². The summed E-state index contributed by atoms with van der Waals surface area (Å²) in [5.74, 6) is 0. The highest BCUT2D eigenvalue weighted by Crippen LogP contribution is 2.27. The van der Waals surface area contributed by atoms with Crippen molar-refractivity contribution in [3.63, 3.8) is 0 Å². The molecular formula is C13H18N2O3S. The van der Waals surface area contributed by atoms with Gasteiger partial charge in [0.2, 0.25) is 10.0 Å². The first kappa shape index (κ1) is 12.9. The smallest absolute Gasteiger partial charge is 0.240 e. The fraction of sp³-hybridized carbons (Fsp3) is 0.538. The van der Waals surface area contributed by atoms with Crippen LogP contribution in [0.1, 0.15) is 18.4 Å². The van der Waals surface area contributed by atoms with Crippen molar-refractivity contribution in [1.82, 2.24) is 4.72 Å². The molecule has 0 amide bonds. The van der Waals surface area contributed by atoms with Crippen LogP contribution in [0.2, 0.25) is 0 Å². The number of rotatable bonds is 4. The predicted molar refractivity (Wildman–Crippen MR) is 72.8 cm³/mol. The summed E-state index contributed by atoms with van der Waals surface area (Å²) in [7, 11) is -1.76. The third-order valence-corrected chi connectivity index (χ3v) is 5.37. The van der Waals surface area contributed by atoms with Gasteiger partial charge in [-0.1, -0.05) is 6.07 Å². The number of hydrogen-bond donors (Lipinski definition) is 2. The summed E-state index contributed by atoms with van der Waals surface area (Å²) in [6, 6.07) is 5.29. The molecule has 0 atom stereocenters. The topological polar surface area (TPSA) is 67.4 Å². The zero-order valence-corrected chi connectivity index (χ0v) is 11.7. The second kappa shape index (κ2) is 4.77. The van der Waals surface area contributed by atoms with Gasteiger partial charge >= 0.3 is 0 Å². The van der Waals surface area contributed by atoms with Crippen molar-refractivity contribution in [2.75, 3.05) is 19.0 Å². The van der Waals surface area contributed by atoms with Crippen LogP contribution in [-0.4, -0.2) is 34.2 Å². The predicted octanol–water partition coefficient (Wildman–Crippen LogP) is 1.11. The average Bonchev–Trinajstić information content (AvgIpc) is 2.80. The SMILES string of the molecule is COC1CC(NS(=O)(=O)c2ccc3c(c2)NCC3)C1. The highest BCUT2D eigenvalue weighted by molar-refractivity contribution is 7.89. The normalized spacial score (nSPS) is 25.5. The minimum Gasteiger partial charge on any atom is -0.384 e. The van der Waals surface area contributed by atoms with Crippen LogP contribution in [0.4, 0.5) is 5.69 Å². The van der Waals surface area contributed by atoms with Crippen LogP contribution in [0, 0.1) is 0 Å². The standard InChI is InChI=1S/C13H18N2O3S/c1-18-11-6-10(7-11)15-19(16,17)12-3-2-9-4-5-14-13(9)8-12/h2-3,8,10-11,14-15H,4-7H2,1H3. The quantitative estimate of drug-likeness (QED) is 0.868. The molecule has 104 valence electrons. The second-order valence-corrected chi connectivity index (χ2v) is 6.86. The van der Waals surface area contributed by atoms with E-state index in [0.29, 0.717) is 4.90 Å². The Balaban J connectivity index is 1.74. The molecule has 3 rings (SSSR count). The fourth-order valence-electron chi connectivity index (χ4n) is 2.58. The summed E-state index contributed by atoms with van der Waals surface area (Å²) < 4.78 is 32.4. The van der Waals surface area contributed by atoms with Gasteiger partial charge in [-0.05, 0) is 37.0 Å². The molecule has 1 heterocycles. The van der Waals surface area contributed by atoms with Gasteiger partial charge in [-0.3, -0.25) is 0 Å². The molecule has 1 aromatic rings. The Kier molecular flexibility index (Phi) is 3.24. The minimum absolute atomic E-state index is 0.00355. The number of nitrogens with one attached hydrogen (secondary N) is 2. The molecule has 0 radical (unpaired) electrons. The first-order chi connectivity index (χ1) is 9.08. The molecule has 0 bridgehead atoms. The molecule has 6 heteroatoms. The summed E-state index contributed by atoms with van der Waals surface area (Å²) in [6.07, 6.45) is 2.65. The Hall–Kier alpha value is -1.11. The van der Waals surface area contributed by atoms with Crippen LogP contribution in [0.3, 0.4) is 0 Å². The van der Waals surface area contributed by atoms with E-state index in [-0.39, 0.29) is 12.1 Å². The van der Waals surface area contributed by atoms with Gasteiger partial charge in [-0.2, -0.15) is 0 Å². The van der Waals surface area contributed by atoms with E-state index in [1.165, 1.54) is 5.56 Å². The van der Waals surface area contributed by atoms with Gasteiger partial charge in [-0.25, -0.2) is 13.1 Å². The van der Waals surface area contributed by atoms with Crippen molar-refractivity contribution in [2.24, 2.45) is 0 Å². The molecule has 1 aliphatic carbocycles. The molecule has 0 aromatic heterocycles. The molecule has 0 unspecified atom stereocenters. The number of fused-ring (bicyclic) bond motifs is 1. The van der Waals surface area contributed by atoms with Crippen molar-refractivity contribution in [1.29, 1.82) is 0 Å². The maximum Gasteiger partial charge on any atom is 0.240 e. The molecule has 19 heavy (non-hydrogen) atoms. The molecule has 0 saturated heterocycles. The number of sulfonamides is 1. The lowest BCUT2D eigenvalue weighted by Gasteiger charge is -2.34. The third-order valence-electron chi connectivity index (χ3n) is 3.85. The van der Waals surface area contributed by atoms with Gasteiger partial charge in [0.1, 0.15) is 0 Å². The molecule has 2 aliphatic rings. The molecule has 0 spiro atoms. The van der Waals surface area contributed by atoms with Crippen molar-refractivity contribution >= 4 is 15.7 Å². The average molecular weight is 282 g/mol. The number of ether oxygens (including phenoxy) is 1. The lowest BCUT2D eigenvalue weighted by Crippen LogP contribution is -2.47. The van der Waals surface area contributed by atoms with Crippen LogP contribution >= 0.6 is 0 Å². The number of benzene rings is 1. The van der Waals surface area contributed by atoms with Crippen LogP contribution < -0.4 is 10.0 Å². The van der Waals surface area contributed by atoms with E-state index in [9.17, 15) is 8.42 Å². The molecule has 1 fully saturated rings. The van der Waals surface area contributed by atoms with Crippen molar-refractivity contribution in [3.8, 4) is 0 Å². The summed E-state index contributed by atoms with van der Waals surface area (Å²) in [5, 5.41) is 3.20. The molecule has 1 aromatic carbocycles.